The Morgan fingerprint density at radius 1 is 0.871 bits per heavy atom. The van der Waals surface area contributed by atoms with E-state index in [-0.39, 0.29) is 24.3 Å². The molecule has 0 radical (unpaired) electrons. The van der Waals surface area contributed by atoms with Crippen molar-refractivity contribution in [2.75, 3.05) is 18.1 Å². The van der Waals surface area contributed by atoms with Crippen LogP contribution in [-0.2, 0) is 52.5 Å². The summed E-state index contributed by atoms with van der Waals surface area (Å²) < 4.78 is 22.5. The molecular formula is C46H62N2O21S. The minimum absolute atomic E-state index is 0.0730. The smallest absolute Gasteiger partial charge is 0.328 e. The molecule has 22 atom stereocenters. The van der Waals surface area contributed by atoms with Gasteiger partial charge in [0.1, 0.15) is 73.1 Å². The third-order valence-electron chi connectivity index (χ3n) is 14.8. The molecule has 2 amide bonds. The molecule has 0 bridgehead atoms. The molecule has 2 aliphatic heterocycles. The first kappa shape index (κ1) is 54.9. The van der Waals surface area contributed by atoms with Crippen LogP contribution in [0.2, 0.25) is 0 Å². The van der Waals surface area contributed by atoms with Crippen LogP contribution in [0.4, 0.5) is 0 Å². The van der Waals surface area contributed by atoms with Crippen molar-refractivity contribution >= 4 is 53.1 Å². The van der Waals surface area contributed by atoms with Crippen LogP contribution in [0.15, 0.2) is 48.6 Å². The number of ether oxygens (including phenoxy) is 4. The molecule has 388 valence electrons. The number of esters is 2. The average Bonchev–Trinajstić information content (AvgIpc) is 3.55. The Kier molecular flexibility index (Phi) is 17.4. The molecule has 0 aromatic carbocycles. The van der Waals surface area contributed by atoms with Gasteiger partial charge in [0.15, 0.2) is 29.4 Å². The van der Waals surface area contributed by atoms with Crippen molar-refractivity contribution in [3.63, 3.8) is 0 Å². The van der Waals surface area contributed by atoms with Crippen molar-refractivity contribution in [1.82, 2.24) is 10.6 Å². The number of rotatable bonds is 15. The van der Waals surface area contributed by atoms with Crippen molar-refractivity contribution < 1.29 is 104 Å². The number of nitrogens with one attached hydrogen (secondary N) is 2. The highest BCUT2D eigenvalue weighted by Gasteiger charge is 2.74. The van der Waals surface area contributed by atoms with Gasteiger partial charge in [-0.05, 0) is 24.7 Å². The van der Waals surface area contributed by atoms with E-state index in [1.54, 1.807) is 19.9 Å². The average molecular weight is 1010 g/mol. The number of carboxylic acids is 1. The second-order valence-electron chi connectivity index (χ2n) is 19.0. The second kappa shape index (κ2) is 22.1. The molecule has 6 aliphatic rings. The third-order valence-corrected chi connectivity index (χ3v) is 15.9. The van der Waals surface area contributed by atoms with Gasteiger partial charge >= 0.3 is 17.9 Å². The lowest BCUT2D eigenvalue weighted by molar-refractivity contribution is -0.319. The van der Waals surface area contributed by atoms with E-state index < -0.39 is 180 Å². The first-order valence-electron chi connectivity index (χ1n) is 22.8. The number of aliphatic hydroxyl groups excluding tert-OH is 9. The molecule has 2 unspecified atom stereocenters. The molecule has 12 N–H and O–H groups in total. The summed E-state index contributed by atoms with van der Waals surface area (Å²) in [5.74, 6) is -10.6. The largest absolute Gasteiger partial charge is 0.478 e. The molecule has 2 saturated heterocycles. The van der Waals surface area contributed by atoms with Gasteiger partial charge in [0.05, 0.1) is 12.7 Å². The van der Waals surface area contributed by atoms with Crippen molar-refractivity contribution in [2.24, 2.45) is 40.4 Å². The zero-order valence-electron chi connectivity index (χ0n) is 38.6. The highest BCUT2D eigenvalue weighted by atomic mass is 32.2. The highest BCUT2D eigenvalue weighted by molar-refractivity contribution is 7.99. The third kappa shape index (κ3) is 10.3. The number of aliphatic carboxylic acids is 1. The lowest BCUT2D eigenvalue weighted by Gasteiger charge is -2.58. The Morgan fingerprint density at radius 2 is 1.51 bits per heavy atom. The number of cyclic esters (lactones) is 1. The molecule has 4 aliphatic carbocycles. The fraction of sp³-hybridized carbons (Fsp3) is 0.674. The maximum absolute atomic E-state index is 15.5. The second-order valence-corrected chi connectivity index (χ2v) is 20.1. The Labute approximate surface area is 405 Å². The zero-order chi connectivity index (χ0) is 51.7. The van der Waals surface area contributed by atoms with E-state index in [1.165, 1.54) is 37.3 Å². The molecule has 24 heteroatoms. The molecular weight excluding hydrogens is 949 g/mol. The van der Waals surface area contributed by atoms with E-state index >= 15 is 4.79 Å². The predicted molar refractivity (Wildman–Crippen MR) is 238 cm³/mol. The van der Waals surface area contributed by atoms with E-state index in [2.05, 4.69) is 10.6 Å². The van der Waals surface area contributed by atoms with Gasteiger partial charge in [-0.1, -0.05) is 56.4 Å². The summed E-state index contributed by atoms with van der Waals surface area (Å²) in [6, 6.07) is -3.31. The number of Topliss-reactive ketones (excluding diaryl/α,β-unsaturated/α-hetero) is 2. The topological polar surface area (TPSA) is 383 Å². The van der Waals surface area contributed by atoms with Crippen molar-refractivity contribution in [2.45, 2.75) is 132 Å². The van der Waals surface area contributed by atoms with Gasteiger partial charge in [-0.2, -0.15) is 11.8 Å². The van der Waals surface area contributed by atoms with Gasteiger partial charge in [0.2, 0.25) is 11.8 Å². The first-order chi connectivity index (χ1) is 32.9. The van der Waals surface area contributed by atoms with Crippen LogP contribution >= 0.6 is 11.8 Å². The summed E-state index contributed by atoms with van der Waals surface area (Å²) in [5, 5.41) is 109. The van der Waals surface area contributed by atoms with Crippen LogP contribution in [0, 0.1) is 40.4 Å². The predicted octanol–water partition coefficient (Wildman–Crippen LogP) is -4.07. The van der Waals surface area contributed by atoms with Crippen LogP contribution in [0.5, 0.6) is 0 Å². The lowest BCUT2D eigenvalue weighted by atomic mass is 9.43. The summed E-state index contributed by atoms with van der Waals surface area (Å²) in [4.78, 5) is 94.3. The number of carboxylic acid groups (broad SMARTS) is 1. The molecule has 1 spiro atoms. The number of hydrogen-bond donors (Lipinski definition) is 12. The number of thioether (sulfide) groups is 1. The summed E-state index contributed by atoms with van der Waals surface area (Å²) in [5.41, 5.74) is -3.89. The van der Waals surface area contributed by atoms with Gasteiger partial charge in [-0.3, -0.25) is 28.8 Å². The van der Waals surface area contributed by atoms with Gasteiger partial charge in [0, 0.05) is 54.6 Å². The monoisotopic (exact) mass is 1010 g/mol. The fourth-order valence-electron chi connectivity index (χ4n) is 10.9. The SMILES string of the molecule is CC(=O)N[C@H](CSC[C@@H]1OC(=O)[C@@]2(C1=O)C(=O)[C@@]1(C)[C@@H](C=C[C@H]3[C@H](O)[C@@H](C)[C@H](OC(C)=O)C[C@@H]31)C[C@H]2/C=C/C=C/C=C/C(=O)O)C(=O)N[C@H]1[C@@H](OC2[C@@H](O)[C@H](O)C(O)[C@H](O)[C@@H]2O)O[C@@H](CO)[C@@H](O)[C@@H]1O. The van der Waals surface area contributed by atoms with Crippen LogP contribution in [-0.4, -0.2) is 202 Å². The molecule has 0 aromatic heterocycles. The van der Waals surface area contributed by atoms with E-state index in [0.717, 1.165) is 24.8 Å². The number of amides is 2. The highest BCUT2D eigenvalue weighted by Crippen LogP contribution is 2.62. The number of aliphatic hydroxyl groups is 9. The Bertz CT molecular complexity index is 2120. The van der Waals surface area contributed by atoms with Crippen LogP contribution < -0.4 is 10.6 Å². The number of carbonyl (C=O) groups is 7. The molecule has 2 heterocycles. The Hall–Kier alpha value is -4.44. The number of carbonyl (C=O) groups excluding carboxylic acids is 6. The maximum Gasteiger partial charge on any atom is 0.328 e. The Balaban J connectivity index is 1.24. The minimum Gasteiger partial charge on any atom is -0.478 e. The maximum atomic E-state index is 15.5. The van der Waals surface area contributed by atoms with E-state index in [0.29, 0.717) is 0 Å². The summed E-state index contributed by atoms with van der Waals surface area (Å²) in [6.07, 6.45) is -11.2. The van der Waals surface area contributed by atoms with Crippen molar-refractivity contribution in [3.8, 4) is 0 Å². The zero-order valence-corrected chi connectivity index (χ0v) is 39.4. The number of ketones is 2. The molecule has 5 fully saturated rings. The summed E-state index contributed by atoms with van der Waals surface area (Å²) >= 11 is 0.843. The molecule has 6 rings (SSSR count). The lowest BCUT2D eigenvalue weighted by Crippen LogP contribution is -2.69. The van der Waals surface area contributed by atoms with Crippen LogP contribution in [0.1, 0.15) is 40.5 Å². The van der Waals surface area contributed by atoms with Gasteiger partial charge in [0.25, 0.3) is 0 Å². The quantitative estimate of drug-likeness (QED) is 0.0244. The molecule has 23 nitrogen and oxygen atoms in total. The normalized spacial score (nSPS) is 43.2. The molecule has 70 heavy (non-hydrogen) atoms. The molecule has 0 aromatic rings. The van der Waals surface area contributed by atoms with E-state index in [1.807, 2.05) is 6.08 Å². The minimum atomic E-state index is -2.42. The number of allylic oxidation sites excluding steroid dienone is 6. The van der Waals surface area contributed by atoms with Gasteiger partial charge in [-0.15, -0.1) is 0 Å². The van der Waals surface area contributed by atoms with Crippen molar-refractivity contribution in [1.29, 1.82) is 0 Å². The van der Waals surface area contributed by atoms with Crippen LogP contribution in [0.25, 0.3) is 0 Å². The molecule has 3 saturated carbocycles. The van der Waals surface area contributed by atoms with Crippen molar-refractivity contribution in [3.05, 3.63) is 48.6 Å². The van der Waals surface area contributed by atoms with Gasteiger partial charge < -0.3 is 80.6 Å². The standard InChI is InChI=1S/C46H62N2O21S/c1-18-26(66-20(3)51)14-24-23(31(18)54)12-11-21-13-22(9-7-5-6-8-10-29(52)53)46(43(64)45(21,24)4)40(62)28(68-44(46)65)17-70-16-25(47-19(2)50)41(63)48-30-33(56)32(55)27(15-49)67-42(30)69-39-37(60)35(58)34(57)36(59)38(39)61/h5-12,18,21-28,30-39,42,49,54-61H,13-17H2,1-4H3,(H,47,50)(H,48,63)(H,52,53)/b6-5+,9-7+,10-8+/t18-,21-,22+,23+,24-,25+,26+,27-,28-,30+,31+,32+,33+,34?,35-,36+,37-,38-,39?,42+,45-,46-/m0/s1. The first-order valence-corrected chi connectivity index (χ1v) is 24.0. The number of fused-ring (bicyclic) bond motifs is 3. The Morgan fingerprint density at radius 3 is 2.13 bits per heavy atom. The number of hydrogen-bond acceptors (Lipinski definition) is 21. The van der Waals surface area contributed by atoms with Gasteiger partial charge in [-0.25, -0.2) is 4.79 Å². The van der Waals surface area contributed by atoms with E-state index in [9.17, 15) is 74.7 Å². The fourth-order valence-corrected chi connectivity index (χ4v) is 12.0. The van der Waals surface area contributed by atoms with E-state index in [4.69, 9.17) is 24.1 Å². The summed E-state index contributed by atoms with van der Waals surface area (Å²) in [7, 11) is 0. The summed E-state index contributed by atoms with van der Waals surface area (Å²) in [6.45, 7) is 4.75. The van der Waals surface area contributed by atoms with Crippen LogP contribution in [0.3, 0.4) is 0 Å².